The molecule has 1 aromatic rings. The highest BCUT2D eigenvalue weighted by Gasteiger charge is 2.39. The van der Waals surface area contributed by atoms with E-state index >= 15 is 0 Å². The average Bonchev–Trinajstić information content (AvgIpc) is 2.75. The van der Waals surface area contributed by atoms with E-state index in [-0.39, 0.29) is 17.6 Å². The molecule has 0 aliphatic carbocycles. The van der Waals surface area contributed by atoms with E-state index in [4.69, 9.17) is 0 Å². The van der Waals surface area contributed by atoms with Gasteiger partial charge < -0.3 is 9.80 Å². The van der Waals surface area contributed by atoms with E-state index in [2.05, 4.69) is 0 Å². The van der Waals surface area contributed by atoms with Crippen molar-refractivity contribution in [2.45, 2.75) is 45.6 Å². The molecule has 0 aromatic heterocycles. The van der Waals surface area contributed by atoms with Gasteiger partial charge in [-0.15, -0.1) is 0 Å². The minimum atomic E-state index is -3.45. The van der Waals surface area contributed by atoms with Crippen molar-refractivity contribution < 1.29 is 22.4 Å². The van der Waals surface area contributed by atoms with Gasteiger partial charge in [0.25, 0.3) is 5.91 Å². The van der Waals surface area contributed by atoms with E-state index in [0.29, 0.717) is 56.7 Å². The second kappa shape index (κ2) is 9.43. The second-order valence-corrected chi connectivity index (χ2v) is 10.1. The quantitative estimate of drug-likeness (QED) is 0.703. The number of benzene rings is 1. The lowest BCUT2D eigenvalue weighted by Crippen LogP contribution is -2.57. The number of rotatable bonds is 5. The number of nitrogens with zero attached hydrogens (tertiary/aromatic N) is 3. The summed E-state index contributed by atoms with van der Waals surface area (Å²) in [6.45, 7) is 5.21. The normalized spacial score (nSPS) is 21.0. The van der Waals surface area contributed by atoms with Crippen LogP contribution in [0.25, 0.3) is 0 Å². The molecule has 2 saturated heterocycles. The van der Waals surface area contributed by atoms with Crippen LogP contribution in [0.5, 0.6) is 0 Å². The lowest BCUT2D eigenvalue weighted by atomic mass is 10.0. The topological polar surface area (TPSA) is 78.0 Å². The fraction of sp³-hybridized carbons (Fsp3) is 0.619. The van der Waals surface area contributed by atoms with Gasteiger partial charge in [0.1, 0.15) is 11.9 Å². The first-order valence-electron chi connectivity index (χ1n) is 10.6. The SMILES string of the molecule is CCCS(=O)(=O)N1CCCCC1C(=O)N1CCN(C(=O)c2ccc(C)c(F)c2)CC1. The van der Waals surface area contributed by atoms with Gasteiger partial charge in [0, 0.05) is 38.3 Å². The first-order valence-corrected chi connectivity index (χ1v) is 12.2. The first-order chi connectivity index (χ1) is 14.2. The minimum absolute atomic E-state index is 0.0478. The number of hydrogen-bond acceptors (Lipinski definition) is 4. The summed E-state index contributed by atoms with van der Waals surface area (Å²) in [5.74, 6) is -0.805. The Hall–Kier alpha value is -2.00. The van der Waals surface area contributed by atoms with Crippen molar-refractivity contribution in [3.05, 3.63) is 35.1 Å². The Kier molecular flexibility index (Phi) is 7.13. The zero-order valence-electron chi connectivity index (χ0n) is 17.6. The predicted molar refractivity (Wildman–Crippen MR) is 112 cm³/mol. The number of sulfonamides is 1. The van der Waals surface area contributed by atoms with Gasteiger partial charge in [-0.3, -0.25) is 9.59 Å². The summed E-state index contributed by atoms with van der Waals surface area (Å²) >= 11 is 0. The van der Waals surface area contributed by atoms with Crippen molar-refractivity contribution in [2.24, 2.45) is 0 Å². The molecule has 2 aliphatic rings. The first kappa shape index (κ1) is 22.7. The Bertz CT molecular complexity index is 898. The maximum atomic E-state index is 13.8. The van der Waals surface area contributed by atoms with Crippen LogP contribution in [-0.4, -0.2) is 78.9 Å². The van der Waals surface area contributed by atoms with Crippen LogP contribution in [0.1, 0.15) is 48.5 Å². The summed E-state index contributed by atoms with van der Waals surface area (Å²) < 4.78 is 40.4. The van der Waals surface area contributed by atoms with Crippen molar-refractivity contribution >= 4 is 21.8 Å². The molecule has 2 heterocycles. The average molecular weight is 440 g/mol. The Morgan fingerprint density at radius 2 is 1.73 bits per heavy atom. The molecule has 7 nitrogen and oxygen atoms in total. The van der Waals surface area contributed by atoms with Crippen molar-refractivity contribution in [3.8, 4) is 0 Å². The Morgan fingerprint density at radius 3 is 2.37 bits per heavy atom. The van der Waals surface area contributed by atoms with Gasteiger partial charge in [-0.2, -0.15) is 4.31 Å². The van der Waals surface area contributed by atoms with Crippen molar-refractivity contribution in [2.75, 3.05) is 38.5 Å². The molecular weight excluding hydrogens is 409 g/mol. The standard InChI is InChI=1S/C21H30FN3O4S/c1-3-14-30(28,29)25-9-5-4-6-19(25)21(27)24-12-10-23(11-13-24)20(26)17-8-7-16(2)18(22)15-17/h7-8,15,19H,3-6,9-14H2,1-2H3. The summed E-state index contributed by atoms with van der Waals surface area (Å²) in [4.78, 5) is 29.0. The maximum absolute atomic E-state index is 13.8. The van der Waals surface area contributed by atoms with Crippen LogP contribution in [0.4, 0.5) is 4.39 Å². The van der Waals surface area contributed by atoms with Crippen LogP contribution in [0.3, 0.4) is 0 Å². The lowest BCUT2D eigenvalue weighted by Gasteiger charge is -2.40. The molecule has 166 valence electrons. The van der Waals surface area contributed by atoms with Crippen LogP contribution < -0.4 is 0 Å². The molecule has 2 aliphatic heterocycles. The molecule has 1 aromatic carbocycles. The molecule has 30 heavy (non-hydrogen) atoms. The molecule has 1 atom stereocenters. The molecule has 1 unspecified atom stereocenters. The molecule has 0 N–H and O–H groups in total. The largest absolute Gasteiger partial charge is 0.338 e. The fourth-order valence-corrected chi connectivity index (χ4v) is 5.85. The third-order valence-corrected chi connectivity index (χ3v) is 7.93. The van der Waals surface area contributed by atoms with Crippen LogP contribution in [0.15, 0.2) is 18.2 Å². The molecule has 3 rings (SSSR count). The van der Waals surface area contributed by atoms with Gasteiger partial charge in [-0.05, 0) is 43.9 Å². The van der Waals surface area contributed by atoms with E-state index in [0.717, 1.165) is 12.8 Å². The molecule has 0 saturated carbocycles. The number of piperidine rings is 1. The van der Waals surface area contributed by atoms with Crippen molar-refractivity contribution in [1.82, 2.24) is 14.1 Å². The Balaban J connectivity index is 1.64. The van der Waals surface area contributed by atoms with E-state index in [9.17, 15) is 22.4 Å². The third kappa shape index (κ3) is 4.83. The Labute approximate surface area is 177 Å². The monoisotopic (exact) mass is 439 g/mol. The molecule has 0 bridgehead atoms. The van der Waals surface area contributed by atoms with Crippen LogP contribution in [0.2, 0.25) is 0 Å². The van der Waals surface area contributed by atoms with Gasteiger partial charge in [0.2, 0.25) is 15.9 Å². The zero-order valence-corrected chi connectivity index (χ0v) is 18.5. The summed E-state index contributed by atoms with van der Waals surface area (Å²) in [5.41, 5.74) is 0.777. The van der Waals surface area contributed by atoms with Crippen LogP contribution in [-0.2, 0) is 14.8 Å². The smallest absolute Gasteiger partial charge is 0.254 e. The number of halogens is 1. The molecular formula is C21H30FN3O4S. The van der Waals surface area contributed by atoms with E-state index in [1.54, 1.807) is 28.9 Å². The number of aryl methyl sites for hydroxylation is 1. The van der Waals surface area contributed by atoms with Crippen LogP contribution >= 0.6 is 0 Å². The zero-order chi connectivity index (χ0) is 21.9. The van der Waals surface area contributed by atoms with E-state index < -0.39 is 21.9 Å². The summed E-state index contributed by atoms with van der Waals surface area (Å²) in [7, 11) is -3.45. The second-order valence-electron chi connectivity index (χ2n) is 8.02. The van der Waals surface area contributed by atoms with Crippen molar-refractivity contribution in [1.29, 1.82) is 0 Å². The minimum Gasteiger partial charge on any atom is -0.338 e. The lowest BCUT2D eigenvalue weighted by molar-refractivity contribution is -0.137. The fourth-order valence-electron chi connectivity index (χ4n) is 4.11. The summed E-state index contributed by atoms with van der Waals surface area (Å²) in [6.07, 6.45) is 2.64. The molecule has 0 radical (unpaired) electrons. The number of carbonyl (C=O) groups is 2. The molecule has 2 amide bonds. The predicted octanol–water partition coefficient (Wildman–Crippen LogP) is 2.01. The van der Waals surface area contributed by atoms with Gasteiger partial charge in [-0.25, -0.2) is 12.8 Å². The number of hydrogen-bond donors (Lipinski definition) is 0. The Morgan fingerprint density at radius 1 is 1.07 bits per heavy atom. The molecule has 2 fully saturated rings. The highest BCUT2D eigenvalue weighted by molar-refractivity contribution is 7.89. The van der Waals surface area contributed by atoms with Crippen molar-refractivity contribution in [3.63, 3.8) is 0 Å². The van der Waals surface area contributed by atoms with E-state index in [1.165, 1.54) is 10.4 Å². The van der Waals surface area contributed by atoms with E-state index in [1.807, 2.05) is 6.92 Å². The molecule has 9 heteroatoms. The molecule has 0 spiro atoms. The highest BCUT2D eigenvalue weighted by atomic mass is 32.2. The maximum Gasteiger partial charge on any atom is 0.254 e. The number of piperazine rings is 1. The van der Waals surface area contributed by atoms with Gasteiger partial charge in [0.15, 0.2) is 0 Å². The third-order valence-electron chi connectivity index (χ3n) is 5.86. The summed E-state index contributed by atoms with van der Waals surface area (Å²) in [6, 6.07) is 3.78. The van der Waals surface area contributed by atoms with Crippen LogP contribution in [0, 0.1) is 12.7 Å². The number of carbonyl (C=O) groups excluding carboxylic acids is 2. The number of amides is 2. The van der Waals surface area contributed by atoms with Gasteiger partial charge >= 0.3 is 0 Å². The summed E-state index contributed by atoms with van der Waals surface area (Å²) in [5, 5.41) is 0. The van der Waals surface area contributed by atoms with Gasteiger partial charge in [0.05, 0.1) is 5.75 Å². The van der Waals surface area contributed by atoms with Gasteiger partial charge in [-0.1, -0.05) is 19.4 Å². The highest BCUT2D eigenvalue weighted by Crippen LogP contribution is 2.24.